The van der Waals surface area contributed by atoms with E-state index >= 15 is 0 Å². The van der Waals surface area contributed by atoms with Crippen LogP contribution in [0.3, 0.4) is 0 Å². The minimum atomic E-state index is -3.51. The van der Waals surface area contributed by atoms with Crippen LogP contribution in [0.2, 0.25) is 0 Å². The zero-order valence-electron chi connectivity index (χ0n) is 7.83. The molecule has 0 aliphatic heterocycles. The van der Waals surface area contributed by atoms with E-state index in [4.69, 9.17) is 0 Å². The van der Waals surface area contributed by atoms with E-state index in [0.29, 0.717) is 0 Å². The zero-order valence-corrected chi connectivity index (χ0v) is 17.7. The van der Waals surface area contributed by atoms with Crippen LogP contribution in [0.25, 0.3) is 0 Å². The molecule has 15 heavy (non-hydrogen) atoms. The van der Waals surface area contributed by atoms with E-state index in [2.05, 4.69) is 4.12 Å². The van der Waals surface area contributed by atoms with Gasteiger partial charge in [-0.2, -0.15) is 0 Å². The molecule has 0 bridgehead atoms. The van der Waals surface area contributed by atoms with Crippen molar-refractivity contribution >= 4 is 126 Å². The van der Waals surface area contributed by atoms with Gasteiger partial charge in [0, 0.05) is 125 Å². The average Bonchev–Trinajstić information content (AvgIpc) is 1.27. The van der Waals surface area contributed by atoms with Gasteiger partial charge in [0.1, 0.15) is 0 Å². The van der Waals surface area contributed by atoms with E-state index in [1.807, 2.05) is 0 Å². The van der Waals surface area contributed by atoms with Crippen LogP contribution in [0, 0.1) is 0 Å². The summed E-state index contributed by atoms with van der Waals surface area (Å²) >= 11 is 0. The fraction of sp³-hybridized carbons (Fsp3) is 0. The van der Waals surface area contributed by atoms with Crippen LogP contribution in [0.15, 0.2) is 0 Å². The Labute approximate surface area is 179 Å². The molecule has 0 unspecified atom stereocenters. The van der Waals surface area contributed by atoms with Crippen molar-refractivity contribution < 1.29 is 56.1 Å². The van der Waals surface area contributed by atoms with Crippen LogP contribution in [0.1, 0.15) is 0 Å². The number of hydrogen-bond donors (Lipinski definition) is 0. The SMILES string of the molecule is O.O.O=[Si]([O-])O[Si](=O)[O-].[Al].[Ca].[Fe].[Mg].[Na].[OH-]. The average molecular weight is 359 g/mol. The maximum atomic E-state index is 9.29. The Morgan fingerprint density at radius 2 is 1.13 bits per heavy atom. The van der Waals surface area contributed by atoms with Gasteiger partial charge in [0.25, 0.3) is 0 Å². The second-order valence-corrected chi connectivity index (χ2v) is 2.42. The Morgan fingerprint density at radius 3 is 1.13 bits per heavy atom. The fourth-order valence-corrected chi connectivity index (χ4v) is 0.612. The Hall–Kier alpha value is 3.39. The number of hydrogen-bond acceptors (Lipinski definition) is 6. The molecule has 8 radical (unpaired) electrons. The molecule has 0 heterocycles. The van der Waals surface area contributed by atoms with E-state index in [0.717, 1.165) is 0 Å². The molecule has 8 nitrogen and oxygen atoms in total. The molecular weight excluding hydrogens is 354 g/mol. The molecule has 0 aliphatic carbocycles. The van der Waals surface area contributed by atoms with Crippen LogP contribution in [0.5, 0.6) is 0 Å². The first kappa shape index (κ1) is 63.1. The fourth-order valence-electron chi connectivity index (χ4n) is 0.0680. The van der Waals surface area contributed by atoms with Gasteiger partial charge in [-0.25, -0.2) is 0 Å². The molecule has 0 rings (SSSR count). The predicted octanol–water partition coefficient (Wildman–Crippen LogP) is -6.80. The summed E-state index contributed by atoms with van der Waals surface area (Å²) < 4.78 is 21.8. The second kappa shape index (κ2) is 43.3. The van der Waals surface area contributed by atoms with Gasteiger partial charge < -0.3 is 39.1 Å². The van der Waals surface area contributed by atoms with Crippen LogP contribution >= 0.6 is 0 Å². The quantitative estimate of drug-likeness (QED) is 0.441. The van der Waals surface area contributed by atoms with E-state index in [9.17, 15) is 18.5 Å². The molecule has 5 N–H and O–H groups in total. The molecule has 0 fully saturated rings. The Kier molecular flexibility index (Phi) is 182. The second-order valence-electron chi connectivity index (χ2n) is 0.602. The molecule has 0 aromatic heterocycles. The largest absolute Gasteiger partial charge is 0.870 e. The van der Waals surface area contributed by atoms with E-state index in [1.54, 1.807) is 0 Å². The Bertz CT molecular complexity index is 109. The molecule has 0 aromatic carbocycles. The van der Waals surface area contributed by atoms with Crippen molar-refractivity contribution in [3.05, 3.63) is 0 Å². The van der Waals surface area contributed by atoms with Gasteiger partial charge >= 0.3 is 18.3 Å². The molecule has 80 valence electrons. The minimum absolute atomic E-state index is 0. The molecular formula is H5AlCaFeMgNaO8Si2-3. The van der Waals surface area contributed by atoms with Crippen molar-refractivity contribution in [2.75, 3.05) is 0 Å². The first-order valence-corrected chi connectivity index (χ1v) is 3.67. The summed E-state index contributed by atoms with van der Waals surface area (Å²) in [4.78, 5) is 18.6. The van der Waals surface area contributed by atoms with E-state index in [1.165, 1.54) is 0 Å². The normalized spacial score (nSPS) is 3.47. The van der Waals surface area contributed by atoms with Gasteiger partial charge in [-0.05, 0) is 0 Å². The summed E-state index contributed by atoms with van der Waals surface area (Å²) in [5.74, 6) is 0. The van der Waals surface area contributed by atoms with Gasteiger partial charge in [-0.15, -0.1) is 0 Å². The molecule has 0 atom stereocenters. The molecule has 0 saturated carbocycles. The molecule has 0 spiro atoms. The summed E-state index contributed by atoms with van der Waals surface area (Å²) in [7, 11) is -7.03. The van der Waals surface area contributed by atoms with Crippen LogP contribution in [-0.2, 0) is 30.1 Å². The summed E-state index contributed by atoms with van der Waals surface area (Å²) in [6, 6.07) is 0. The third kappa shape index (κ3) is 75.4. The molecule has 0 amide bonds. The first-order valence-electron chi connectivity index (χ1n) is 1.22. The Morgan fingerprint density at radius 1 is 1.00 bits per heavy atom. The predicted molar refractivity (Wildman–Crippen MR) is 46.1 cm³/mol. The molecule has 15 heteroatoms. The molecule has 0 aliphatic rings. The zero-order chi connectivity index (χ0) is 5.86. The van der Waals surface area contributed by atoms with Gasteiger partial charge in [0.15, 0.2) is 0 Å². The van der Waals surface area contributed by atoms with E-state index in [-0.39, 0.29) is 141 Å². The van der Waals surface area contributed by atoms with Gasteiger partial charge in [-0.1, -0.05) is 0 Å². The van der Waals surface area contributed by atoms with Crippen molar-refractivity contribution in [2.24, 2.45) is 0 Å². The van der Waals surface area contributed by atoms with Gasteiger partial charge in [-0.3, -0.25) is 0 Å². The maximum Gasteiger partial charge on any atom is 0.410 e. The maximum absolute atomic E-state index is 9.29. The van der Waals surface area contributed by atoms with Crippen molar-refractivity contribution in [3.63, 3.8) is 0 Å². The van der Waals surface area contributed by atoms with Crippen molar-refractivity contribution in [1.82, 2.24) is 0 Å². The molecule has 0 aromatic rings. The molecule has 0 saturated heterocycles. The number of rotatable bonds is 2. The van der Waals surface area contributed by atoms with Crippen molar-refractivity contribution in [3.8, 4) is 0 Å². The van der Waals surface area contributed by atoms with Crippen molar-refractivity contribution in [1.29, 1.82) is 0 Å². The van der Waals surface area contributed by atoms with Crippen LogP contribution < -0.4 is 9.59 Å². The minimum Gasteiger partial charge on any atom is -0.870 e. The monoisotopic (exact) mass is 359 g/mol. The van der Waals surface area contributed by atoms with Crippen LogP contribution in [-0.4, -0.2) is 142 Å². The Balaban J connectivity index is -0.00000000643. The summed E-state index contributed by atoms with van der Waals surface area (Å²) in [5.41, 5.74) is 0. The van der Waals surface area contributed by atoms with Gasteiger partial charge in [0.2, 0.25) is 0 Å². The topological polar surface area (TPSA) is 182 Å². The van der Waals surface area contributed by atoms with Crippen molar-refractivity contribution in [2.45, 2.75) is 0 Å². The van der Waals surface area contributed by atoms with E-state index < -0.39 is 18.3 Å². The smallest absolute Gasteiger partial charge is 0.410 e. The standard InChI is InChI=1S/Al.Ca.Fe.Mg.Na.O5Si2.3H2O/c;;;;;1-6(2)5-7(3)4;;;/h;;;;;;3*1H2/q;;;;;-2;;;/p-1. The first-order chi connectivity index (χ1) is 3.13. The summed E-state index contributed by atoms with van der Waals surface area (Å²) in [6.07, 6.45) is 0. The third-order valence-corrected chi connectivity index (χ3v) is 1.50. The summed E-state index contributed by atoms with van der Waals surface area (Å²) in [6.45, 7) is 0. The van der Waals surface area contributed by atoms with Crippen LogP contribution in [0.4, 0.5) is 0 Å². The summed E-state index contributed by atoms with van der Waals surface area (Å²) in [5, 5.41) is 0. The van der Waals surface area contributed by atoms with Gasteiger partial charge in [0.05, 0.1) is 0 Å². The third-order valence-electron chi connectivity index (χ3n) is 0.167.